The van der Waals surface area contributed by atoms with Gasteiger partial charge in [0.1, 0.15) is 0 Å². The van der Waals surface area contributed by atoms with Crippen molar-refractivity contribution in [3.05, 3.63) is 0 Å². The van der Waals surface area contributed by atoms with Crippen molar-refractivity contribution in [1.82, 2.24) is 0 Å². The molecule has 0 aromatic heterocycles. The second-order valence-electron chi connectivity index (χ2n) is 2.91. The van der Waals surface area contributed by atoms with E-state index in [1.807, 2.05) is 0 Å². The van der Waals surface area contributed by atoms with Crippen LogP contribution < -0.4 is 0 Å². The summed E-state index contributed by atoms with van der Waals surface area (Å²) in [6.45, 7) is 9.46. The first kappa shape index (κ1) is 9.43. The molecule has 0 atom stereocenters. The molecule has 0 bridgehead atoms. The van der Waals surface area contributed by atoms with Crippen molar-refractivity contribution in [2.24, 2.45) is 0 Å². The van der Waals surface area contributed by atoms with E-state index in [1.54, 1.807) is 0 Å². The monoisotopic (exact) mass is 148 g/mol. The molecule has 0 aliphatic carbocycles. The summed E-state index contributed by atoms with van der Waals surface area (Å²) >= 11 is 0. The van der Waals surface area contributed by atoms with Gasteiger partial charge in [0.15, 0.2) is 0 Å². The van der Waals surface area contributed by atoms with Gasteiger partial charge >= 0.3 is 59.6 Å². The van der Waals surface area contributed by atoms with Crippen LogP contribution in [-0.4, -0.2) is 24.6 Å². The zero-order valence-electron chi connectivity index (χ0n) is 7.33. The van der Waals surface area contributed by atoms with Gasteiger partial charge in [-0.2, -0.15) is 0 Å². The van der Waals surface area contributed by atoms with Gasteiger partial charge in [0.05, 0.1) is 0 Å². The maximum absolute atomic E-state index is 2.36. The number of hydrogen-bond donors (Lipinski definition) is 0. The van der Waals surface area contributed by atoms with E-state index in [9.17, 15) is 0 Å². The summed E-state index contributed by atoms with van der Waals surface area (Å²) < 4.78 is 0. The van der Waals surface area contributed by atoms with E-state index in [0.29, 0.717) is 0 Å². The van der Waals surface area contributed by atoms with E-state index in [1.165, 1.54) is 24.6 Å². The van der Waals surface area contributed by atoms with Crippen LogP contribution in [0.3, 0.4) is 0 Å². The molecule has 0 fully saturated rings. The Morgan fingerprint density at radius 3 is 0.889 bits per heavy atom. The molecular formula is C8H21P. The Morgan fingerprint density at radius 2 is 0.889 bits per heavy atom. The van der Waals surface area contributed by atoms with Crippen molar-refractivity contribution in [2.75, 3.05) is 24.6 Å². The predicted molar refractivity (Wildman–Crippen MR) is 50.5 cm³/mol. The van der Waals surface area contributed by atoms with Crippen molar-refractivity contribution >= 4 is 7.26 Å². The van der Waals surface area contributed by atoms with Gasteiger partial charge in [-0.15, -0.1) is 0 Å². The quantitative estimate of drug-likeness (QED) is 0.538. The topological polar surface area (TPSA) is 0 Å². The Morgan fingerprint density at radius 1 is 0.667 bits per heavy atom. The molecule has 0 nitrogen and oxygen atoms in total. The summed E-state index contributed by atoms with van der Waals surface area (Å²) in [5.41, 5.74) is 0. The van der Waals surface area contributed by atoms with Crippen molar-refractivity contribution in [2.45, 2.75) is 27.7 Å². The Balaban J connectivity index is 3.82. The van der Waals surface area contributed by atoms with Gasteiger partial charge in [-0.3, -0.25) is 0 Å². The van der Waals surface area contributed by atoms with E-state index in [4.69, 9.17) is 0 Å². The van der Waals surface area contributed by atoms with Crippen molar-refractivity contribution < 1.29 is 0 Å². The Bertz CT molecular complexity index is 47.5. The molecule has 0 amide bonds. The Kier molecular flexibility index (Phi) is 4.48. The molecule has 58 valence electrons. The summed E-state index contributed by atoms with van der Waals surface area (Å²) in [7, 11) is -0.691. The Hall–Kier alpha value is 0.430. The third kappa shape index (κ3) is 2.26. The van der Waals surface area contributed by atoms with Crippen molar-refractivity contribution in [3.8, 4) is 0 Å². The molecule has 0 N–H and O–H groups in total. The van der Waals surface area contributed by atoms with E-state index >= 15 is 0 Å². The van der Waals surface area contributed by atoms with Gasteiger partial charge < -0.3 is 0 Å². The van der Waals surface area contributed by atoms with Gasteiger partial charge in [-0.05, 0) is 0 Å². The zero-order chi connectivity index (χ0) is 7.33. The fraction of sp³-hybridized carbons (Fsp3) is 1.00. The molecule has 0 unspecified atom stereocenters. The molecule has 0 aromatic carbocycles. The first-order valence-electron chi connectivity index (χ1n) is 4.24. The van der Waals surface area contributed by atoms with E-state index in [2.05, 4.69) is 27.7 Å². The van der Waals surface area contributed by atoms with Crippen molar-refractivity contribution in [3.63, 3.8) is 0 Å². The van der Waals surface area contributed by atoms with Gasteiger partial charge in [0.2, 0.25) is 0 Å². The van der Waals surface area contributed by atoms with Crippen LogP contribution in [0.2, 0.25) is 0 Å². The predicted octanol–water partition coefficient (Wildman–Crippen LogP) is 2.82. The van der Waals surface area contributed by atoms with Gasteiger partial charge in [-0.1, -0.05) is 0 Å². The molecule has 0 aliphatic rings. The van der Waals surface area contributed by atoms with Crippen LogP contribution >= 0.6 is 7.26 Å². The Labute approximate surface area is 60.4 Å². The van der Waals surface area contributed by atoms with Gasteiger partial charge in [0.25, 0.3) is 0 Å². The summed E-state index contributed by atoms with van der Waals surface area (Å²) in [5.74, 6) is 0. The summed E-state index contributed by atoms with van der Waals surface area (Å²) in [6, 6.07) is 0. The average molecular weight is 148 g/mol. The van der Waals surface area contributed by atoms with Crippen molar-refractivity contribution in [1.29, 1.82) is 0 Å². The maximum atomic E-state index is 2.36. The standard InChI is InChI=1S/C8H21P/c1-5-9(6-2,7-3)8-4/h9H,5-8H2,1-4H3. The third-order valence-corrected chi connectivity index (χ3v) is 9.00. The van der Waals surface area contributed by atoms with Gasteiger partial charge in [-0.25, -0.2) is 0 Å². The summed E-state index contributed by atoms with van der Waals surface area (Å²) in [5, 5.41) is 0. The molecule has 0 heterocycles. The molecule has 0 rings (SSSR count). The van der Waals surface area contributed by atoms with Crippen LogP contribution in [0.5, 0.6) is 0 Å². The van der Waals surface area contributed by atoms with E-state index in [0.717, 1.165) is 0 Å². The molecule has 0 saturated heterocycles. The first-order chi connectivity index (χ1) is 4.24. The summed E-state index contributed by atoms with van der Waals surface area (Å²) in [6.07, 6.45) is 5.93. The third-order valence-electron chi connectivity index (χ3n) is 3.00. The van der Waals surface area contributed by atoms with E-state index < -0.39 is 7.26 Å². The summed E-state index contributed by atoms with van der Waals surface area (Å²) in [4.78, 5) is 0. The molecule has 0 aliphatic heterocycles. The minimum absolute atomic E-state index is 0.691. The van der Waals surface area contributed by atoms with Gasteiger partial charge in [0, 0.05) is 0 Å². The molecule has 0 spiro atoms. The van der Waals surface area contributed by atoms with Crippen LogP contribution in [0.1, 0.15) is 27.7 Å². The second-order valence-corrected chi connectivity index (χ2v) is 8.74. The first-order valence-corrected chi connectivity index (χ1v) is 7.07. The fourth-order valence-electron chi connectivity index (χ4n) is 1.50. The average Bonchev–Trinajstić information content (AvgIpc) is 1.95. The van der Waals surface area contributed by atoms with Crippen LogP contribution in [0.4, 0.5) is 0 Å². The molecular weight excluding hydrogens is 127 g/mol. The minimum atomic E-state index is -0.691. The second kappa shape index (κ2) is 4.28. The molecule has 0 aromatic rings. The van der Waals surface area contributed by atoms with Crippen LogP contribution in [0.15, 0.2) is 0 Å². The van der Waals surface area contributed by atoms with E-state index in [-0.39, 0.29) is 0 Å². The fourth-order valence-corrected chi connectivity index (χ4v) is 4.50. The van der Waals surface area contributed by atoms with Crippen LogP contribution in [-0.2, 0) is 0 Å². The molecule has 9 heavy (non-hydrogen) atoms. The normalized spacial score (nSPS) is 13.8. The van der Waals surface area contributed by atoms with Crippen LogP contribution in [0, 0.1) is 0 Å². The zero-order valence-corrected chi connectivity index (χ0v) is 8.33. The number of hydrogen-bond acceptors (Lipinski definition) is 0. The SMILES string of the molecule is CC[PH](CC)(CC)CC. The molecule has 1 heteroatoms. The molecule has 0 saturated carbocycles. The van der Waals surface area contributed by atoms with Crippen LogP contribution in [0.25, 0.3) is 0 Å². The molecule has 0 radical (unpaired) electrons. The number of rotatable bonds is 4.